The average molecular weight is 963 g/mol. The van der Waals surface area contributed by atoms with Crippen molar-refractivity contribution in [1.29, 1.82) is 0 Å². The smallest absolute Gasteiger partial charge is 0.304 e. The highest BCUT2D eigenvalue weighted by Gasteiger charge is 2.33. The predicted octanol–water partition coefficient (Wildman–Crippen LogP) is 11.0. The minimum atomic E-state index is -4.59. The molecule has 2 N–H and O–H groups in total. The number of aromatic nitrogens is 4. The Balaban J connectivity index is 1.10. The van der Waals surface area contributed by atoms with Crippen LogP contribution in [0.2, 0.25) is 20.1 Å². The third-order valence-electron chi connectivity index (χ3n) is 9.26. The molecular formula is C37H26Cl4F2N4O8S4. The third kappa shape index (κ3) is 8.19. The van der Waals surface area contributed by atoms with Crippen molar-refractivity contribution in [2.45, 2.75) is 40.5 Å². The molecule has 308 valence electrons. The topological polar surface area (TPSA) is 163 Å². The quantitative estimate of drug-likeness (QED) is 0.0998. The molecule has 0 aliphatic carbocycles. The summed E-state index contributed by atoms with van der Waals surface area (Å²) in [5, 5.41) is 10.2. The van der Waals surface area contributed by atoms with Crippen molar-refractivity contribution < 1.29 is 44.2 Å². The van der Waals surface area contributed by atoms with Gasteiger partial charge in [0.05, 0.1) is 55.8 Å². The van der Waals surface area contributed by atoms with Gasteiger partial charge in [0, 0.05) is 46.1 Å². The van der Waals surface area contributed by atoms with Gasteiger partial charge < -0.3 is 9.47 Å². The van der Waals surface area contributed by atoms with Crippen LogP contribution in [0.1, 0.15) is 41.8 Å². The van der Waals surface area contributed by atoms with Crippen LogP contribution in [0.3, 0.4) is 0 Å². The molecule has 59 heavy (non-hydrogen) atoms. The first-order chi connectivity index (χ1) is 28.0. The molecule has 0 spiro atoms. The molecule has 4 aromatic heterocycles. The average Bonchev–Trinajstić information content (AvgIpc) is 3.91. The summed E-state index contributed by atoms with van der Waals surface area (Å²) in [5.74, 6) is -1.04. The fraction of sp³-hybridized carbons (Fsp3) is 0.189. The molecule has 0 atom stereocenters. The van der Waals surface area contributed by atoms with E-state index < -0.39 is 31.9 Å². The lowest BCUT2D eigenvalue weighted by Gasteiger charge is -2.09. The summed E-state index contributed by atoms with van der Waals surface area (Å²) in [6.45, 7) is 0.106. The number of unbranched alkanes of at least 4 members (excludes halogenated alkanes) is 2. The Labute approximate surface area is 363 Å². The number of nitrogens with zero attached hydrogens (tertiary/aromatic N) is 4. The summed E-state index contributed by atoms with van der Waals surface area (Å²) in [6, 6.07) is 11.7. The number of hydrogen-bond acceptors (Lipinski definition) is 10. The van der Waals surface area contributed by atoms with Crippen molar-refractivity contribution in [3.8, 4) is 44.0 Å². The summed E-state index contributed by atoms with van der Waals surface area (Å²) >= 11 is 26.9. The number of rotatable bonds is 10. The molecule has 2 aromatic carbocycles. The minimum Gasteiger partial charge on any atom is -0.492 e. The molecule has 6 aromatic rings. The number of ether oxygens (including phenoxy) is 2. The van der Waals surface area contributed by atoms with Crippen molar-refractivity contribution in [3.05, 3.63) is 103 Å². The molecule has 2 aliphatic rings. The van der Waals surface area contributed by atoms with Crippen molar-refractivity contribution >= 4 is 101 Å². The van der Waals surface area contributed by atoms with E-state index >= 15 is 8.78 Å². The van der Waals surface area contributed by atoms with Crippen LogP contribution in [-0.2, 0) is 33.1 Å². The summed E-state index contributed by atoms with van der Waals surface area (Å²) in [4.78, 5) is 0.588. The number of fused-ring (bicyclic) bond motifs is 6. The fourth-order valence-electron chi connectivity index (χ4n) is 6.68. The van der Waals surface area contributed by atoms with E-state index in [1.165, 1.54) is 45.8 Å². The molecule has 0 fully saturated rings. The number of hydrogen-bond donors (Lipinski definition) is 2. The van der Waals surface area contributed by atoms with Crippen LogP contribution in [-0.4, -0.2) is 58.7 Å². The van der Waals surface area contributed by atoms with E-state index in [2.05, 4.69) is 10.2 Å². The molecule has 12 nitrogen and oxygen atoms in total. The van der Waals surface area contributed by atoms with Gasteiger partial charge in [0.2, 0.25) is 0 Å². The normalized spacial score (nSPS) is 14.4. The summed E-state index contributed by atoms with van der Waals surface area (Å²) in [6.07, 6.45) is 3.64. The van der Waals surface area contributed by atoms with Gasteiger partial charge in [0.15, 0.2) is 8.42 Å². The van der Waals surface area contributed by atoms with Crippen LogP contribution in [0.4, 0.5) is 8.78 Å². The number of halogens is 6. The van der Waals surface area contributed by atoms with Crippen LogP contribution in [0.15, 0.2) is 69.1 Å². The Morgan fingerprint density at radius 3 is 1.47 bits per heavy atom. The highest BCUT2D eigenvalue weighted by molar-refractivity contribution is 7.88. The van der Waals surface area contributed by atoms with Crippen LogP contribution in [0.5, 0.6) is 11.5 Å². The van der Waals surface area contributed by atoms with Gasteiger partial charge in [-0.2, -0.15) is 27.0 Å². The summed E-state index contributed by atoms with van der Waals surface area (Å²) in [7, 11) is -9.18. The highest BCUT2D eigenvalue weighted by atomic mass is 35.5. The molecule has 2 aliphatic heterocycles. The van der Waals surface area contributed by atoms with Gasteiger partial charge in [-0.3, -0.25) is 9.11 Å². The largest absolute Gasteiger partial charge is 0.492 e. The molecule has 0 saturated heterocycles. The molecule has 8 rings (SSSR count). The van der Waals surface area contributed by atoms with E-state index in [9.17, 15) is 25.9 Å². The van der Waals surface area contributed by atoms with Crippen LogP contribution >= 0.6 is 69.1 Å². The maximum atomic E-state index is 16.2. The Kier molecular flexibility index (Phi) is 11.5. The Morgan fingerprint density at radius 1 is 0.695 bits per heavy atom. The monoisotopic (exact) mass is 960 g/mol. The zero-order valence-corrected chi connectivity index (χ0v) is 36.0. The zero-order valence-electron chi connectivity index (χ0n) is 29.8. The van der Waals surface area contributed by atoms with E-state index in [1.807, 2.05) is 0 Å². The van der Waals surface area contributed by atoms with Gasteiger partial charge in [-0.05, 0) is 67.8 Å². The molecule has 6 heterocycles. The van der Waals surface area contributed by atoms with Crippen LogP contribution in [0.25, 0.3) is 44.2 Å². The molecule has 0 amide bonds. The van der Waals surface area contributed by atoms with Gasteiger partial charge in [-0.15, -0.1) is 22.7 Å². The number of allylic oxidation sites excluding steroid dienone is 2. The predicted molar refractivity (Wildman–Crippen MR) is 224 cm³/mol. The van der Waals surface area contributed by atoms with Gasteiger partial charge in [-0.25, -0.2) is 18.1 Å². The van der Waals surface area contributed by atoms with Gasteiger partial charge in [-0.1, -0.05) is 46.4 Å². The van der Waals surface area contributed by atoms with E-state index in [0.717, 1.165) is 22.7 Å². The molecular weight excluding hydrogens is 937 g/mol. The Morgan fingerprint density at radius 2 is 1.10 bits per heavy atom. The first-order valence-electron chi connectivity index (χ1n) is 17.3. The lowest BCUT2D eigenvalue weighted by molar-refractivity contribution is 0.326. The Hall–Kier alpha value is -3.82. The lowest BCUT2D eigenvalue weighted by atomic mass is 10.1. The summed E-state index contributed by atoms with van der Waals surface area (Å²) in [5.41, 5.74) is 2.09. The first kappa shape index (κ1) is 41.9. The fourth-order valence-corrected chi connectivity index (χ4v) is 11.3. The SMILES string of the molecule is O=S(=O)(O)c1cc2c(s1)-c1c(c(/C(F)=C/CCC/C=C(\F)c3nn(-c4ccc(Cl)cc4Cl)c4c3CCOc3cc(S(=O)(=O)O)sc3-4)nn1-c1ccc(Cl)cc1Cl)CCO2. The van der Waals surface area contributed by atoms with Crippen molar-refractivity contribution in [3.63, 3.8) is 0 Å². The second kappa shape index (κ2) is 16.2. The number of thiophene rings is 2. The second-order valence-electron chi connectivity index (χ2n) is 13.1. The number of benzene rings is 2. The molecule has 0 saturated carbocycles. The van der Waals surface area contributed by atoms with E-state index in [0.29, 0.717) is 60.1 Å². The van der Waals surface area contributed by atoms with Gasteiger partial charge >= 0.3 is 20.2 Å². The molecule has 0 radical (unpaired) electrons. The molecule has 0 unspecified atom stereocenters. The first-order valence-corrected chi connectivity index (χ1v) is 23.4. The van der Waals surface area contributed by atoms with E-state index in [-0.39, 0.29) is 80.2 Å². The Bertz CT molecular complexity index is 2780. The van der Waals surface area contributed by atoms with Crippen molar-refractivity contribution in [1.82, 2.24) is 19.6 Å². The zero-order chi connectivity index (χ0) is 42.0. The van der Waals surface area contributed by atoms with Crippen LogP contribution < -0.4 is 9.47 Å². The third-order valence-corrected chi connectivity index (χ3v) is 15.2. The standard InChI is InChI=1S/C37H26Cl4F2N4O8S4/c38-18-6-8-26(22(40)14-18)46-34-20(10-12-54-28-16-30(56-36(28)34)58(48,49)50)32(44-46)24(42)4-2-1-3-5-25(43)33-21-11-13-55-29-17-31(59(51,52)53)57-37(29)35(21)47(45-33)27-9-7-19(39)15-23(27)41/h4-9,14-17H,1-3,10-13H2,(H,48,49,50)(H,51,52,53)/b24-4-,25-5-. The molecule has 0 bridgehead atoms. The van der Waals surface area contributed by atoms with E-state index in [1.54, 1.807) is 24.3 Å². The van der Waals surface area contributed by atoms with Crippen molar-refractivity contribution in [2.24, 2.45) is 0 Å². The van der Waals surface area contributed by atoms with E-state index in [4.69, 9.17) is 55.9 Å². The maximum Gasteiger partial charge on any atom is 0.304 e. The van der Waals surface area contributed by atoms with Gasteiger partial charge in [0.25, 0.3) is 0 Å². The second-order valence-corrected chi connectivity index (χ2v) is 20.2. The van der Waals surface area contributed by atoms with Gasteiger partial charge in [0.1, 0.15) is 34.5 Å². The van der Waals surface area contributed by atoms with Crippen LogP contribution in [0, 0.1) is 0 Å². The van der Waals surface area contributed by atoms with Crippen molar-refractivity contribution in [2.75, 3.05) is 13.2 Å². The summed E-state index contributed by atoms with van der Waals surface area (Å²) < 4.78 is 114. The highest BCUT2D eigenvalue weighted by Crippen LogP contribution is 2.48. The molecule has 22 heteroatoms. The maximum absolute atomic E-state index is 16.2. The lowest BCUT2D eigenvalue weighted by Crippen LogP contribution is -2.01. The minimum absolute atomic E-state index is 0.0348.